The molecule has 3 aromatic rings. The third-order valence-electron chi connectivity index (χ3n) is 6.61. The lowest BCUT2D eigenvalue weighted by atomic mass is 9.85. The third kappa shape index (κ3) is 4.32. The second-order valence-corrected chi connectivity index (χ2v) is 8.85. The molecule has 1 amide bonds. The van der Waals surface area contributed by atoms with Gasteiger partial charge in [-0.05, 0) is 62.6 Å². The van der Waals surface area contributed by atoms with Crippen LogP contribution in [0, 0.1) is 0 Å². The van der Waals surface area contributed by atoms with Crippen molar-refractivity contribution in [2.75, 3.05) is 19.8 Å². The predicted octanol–water partition coefficient (Wildman–Crippen LogP) is 3.98. The van der Waals surface area contributed by atoms with Crippen LogP contribution in [0.4, 0.5) is 0 Å². The molecule has 178 valence electrons. The third-order valence-corrected chi connectivity index (χ3v) is 6.61. The number of nitrogens with one attached hydrogen (secondary N) is 1. The lowest BCUT2D eigenvalue weighted by Gasteiger charge is -2.29. The van der Waals surface area contributed by atoms with Crippen molar-refractivity contribution in [3.8, 4) is 11.5 Å². The summed E-state index contributed by atoms with van der Waals surface area (Å²) < 4.78 is 18.4. The number of hydrogen-bond acceptors (Lipinski definition) is 6. The first-order chi connectivity index (χ1) is 16.5. The molecule has 2 heterocycles. The molecule has 1 aliphatic carbocycles. The van der Waals surface area contributed by atoms with E-state index in [4.69, 9.17) is 19.2 Å². The maximum Gasteiger partial charge on any atom is 0.338 e. The number of aryl methyl sites for hydroxylation is 1. The van der Waals surface area contributed by atoms with Gasteiger partial charge < -0.3 is 24.1 Å². The highest BCUT2D eigenvalue weighted by molar-refractivity contribution is 5.95. The molecule has 1 aromatic heterocycles. The predicted molar refractivity (Wildman–Crippen MR) is 127 cm³/mol. The summed E-state index contributed by atoms with van der Waals surface area (Å²) in [5.41, 5.74) is 2.86. The number of carbonyl (C=O) groups excluding carboxylic acids is 2. The molecule has 0 spiro atoms. The van der Waals surface area contributed by atoms with Gasteiger partial charge in [-0.3, -0.25) is 4.79 Å². The van der Waals surface area contributed by atoms with Gasteiger partial charge in [0.1, 0.15) is 19.0 Å². The number of carbonyl (C=O) groups is 2. The van der Waals surface area contributed by atoms with Gasteiger partial charge in [0.25, 0.3) is 5.91 Å². The Labute approximate surface area is 198 Å². The summed E-state index contributed by atoms with van der Waals surface area (Å²) in [6.07, 6.45) is 3.77. The van der Waals surface area contributed by atoms with Crippen LogP contribution < -0.4 is 14.8 Å². The van der Waals surface area contributed by atoms with E-state index in [-0.39, 0.29) is 23.8 Å². The van der Waals surface area contributed by atoms with Crippen LogP contribution in [-0.2, 0) is 11.8 Å². The van der Waals surface area contributed by atoms with Crippen molar-refractivity contribution >= 4 is 22.9 Å². The number of esters is 1. The van der Waals surface area contributed by atoms with Gasteiger partial charge in [-0.1, -0.05) is 6.42 Å². The van der Waals surface area contributed by atoms with Gasteiger partial charge in [-0.2, -0.15) is 0 Å². The molecular formula is C26H29N3O5. The van der Waals surface area contributed by atoms with Crippen molar-refractivity contribution in [1.82, 2.24) is 14.9 Å². The van der Waals surface area contributed by atoms with Crippen LogP contribution in [0.15, 0.2) is 36.4 Å². The van der Waals surface area contributed by atoms with Crippen molar-refractivity contribution in [1.29, 1.82) is 0 Å². The number of hydrogen-bond donors (Lipinski definition) is 1. The van der Waals surface area contributed by atoms with Crippen LogP contribution in [-0.4, -0.2) is 47.3 Å². The Morgan fingerprint density at radius 2 is 1.88 bits per heavy atom. The second-order valence-electron chi connectivity index (χ2n) is 8.85. The van der Waals surface area contributed by atoms with E-state index >= 15 is 0 Å². The van der Waals surface area contributed by atoms with Crippen molar-refractivity contribution in [3.05, 3.63) is 53.3 Å². The Bertz CT molecular complexity index is 1230. The molecule has 2 unspecified atom stereocenters. The molecular weight excluding hydrogens is 434 g/mol. The average molecular weight is 464 g/mol. The summed E-state index contributed by atoms with van der Waals surface area (Å²) in [5.74, 6) is 2.06. The van der Waals surface area contributed by atoms with E-state index in [1.807, 2.05) is 19.2 Å². The molecule has 5 rings (SSSR count). The second kappa shape index (κ2) is 9.37. The first-order valence-electron chi connectivity index (χ1n) is 11.9. The monoisotopic (exact) mass is 463 g/mol. The van der Waals surface area contributed by atoms with Crippen LogP contribution in [0.5, 0.6) is 11.5 Å². The molecule has 0 saturated heterocycles. The summed E-state index contributed by atoms with van der Waals surface area (Å²) in [6.45, 7) is 3.15. The topological polar surface area (TPSA) is 91.7 Å². The lowest BCUT2D eigenvalue weighted by molar-refractivity contribution is 0.0526. The molecule has 34 heavy (non-hydrogen) atoms. The number of benzene rings is 2. The van der Waals surface area contributed by atoms with E-state index in [0.29, 0.717) is 42.4 Å². The summed E-state index contributed by atoms with van der Waals surface area (Å²) in [7, 11) is 1.98. The van der Waals surface area contributed by atoms with Gasteiger partial charge in [0, 0.05) is 24.6 Å². The number of ether oxygens (including phenoxy) is 3. The number of aromatic nitrogens is 2. The zero-order chi connectivity index (χ0) is 23.7. The van der Waals surface area contributed by atoms with Gasteiger partial charge in [-0.25, -0.2) is 9.78 Å². The highest BCUT2D eigenvalue weighted by Crippen LogP contribution is 2.35. The Morgan fingerprint density at radius 3 is 2.71 bits per heavy atom. The zero-order valence-corrected chi connectivity index (χ0v) is 19.5. The summed E-state index contributed by atoms with van der Waals surface area (Å²) in [6, 6.07) is 10.8. The number of rotatable bonds is 5. The summed E-state index contributed by atoms with van der Waals surface area (Å²) in [5, 5.41) is 3.20. The minimum Gasteiger partial charge on any atom is -0.486 e. The van der Waals surface area contributed by atoms with Gasteiger partial charge in [-0.15, -0.1) is 0 Å². The van der Waals surface area contributed by atoms with Crippen LogP contribution in [0.1, 0.15) is 65.1 Å². The Morgan fingerprint density at radius 1 is 1.09 bits per heavy atom. The van der Waals surface area contributed by atoms with E-state index in [2.05, 4.69) is 9.88 Å². The fourth-order valence-corrected chi connectivity index (χ4v) is 4.92. The van der Waals surface area contributed by atoms with Crippen molar-refractivity contribution in [3.63, 3.8) is 0 Å². The number of fused-ring (bicyclic) bond motifs is 2. The van der Waals surface area contributed by atoms with Gasteiger partial charge in [0.2, 0.25) is 0 Å². The maximum atomic E-state index is 12.9. The highest BCUT2D eigenvalue weighted by Gasteiger charge is 2.28. The summed E-state index contributed by atoms with van der Waals surface area (Å²) in [4.78, 5) is 29.9. The van der Waals surface area contributed by atoms with Crippen molar-refractivity contribution in [2.24, 2.45) is 7.05 Å². The molecule has 8 heteroatoms. The minimum absolute atomic E-state index is 0.0642. The zero-order valence-electron chi connectivity index (χ0n) is 19.5. The maximum absolute atomic E-state index is 12.9. The quantitative estimate of drug-likeness (QED) is 0.576. The number of amides is 1. The molecule has 1 aliphatic heterocycles. The normalized spacial score (nSPS) is 19.6. The van der Waals surface area contributed by atoms with E-state index in [1.54, 1.807) is 31.2 Å². The largest absolute Gasteiger partial charge is 0.486 e. The van der Waals surface area contributed by atoms with E-state index in [1.165, 1.54) is 0 Å². The first-order valence-corrected chi connectivity index (χ1v) is 11.9. The fourth-order valence-electron chi connectivity index (χ4n) is 4.92. The number of nitrogens with zero attached hydrogens (tertiary/aromatic N) is 2. The van der Waals surface area contributed by atoms with Crippen molar-refractivity contribution < 1.29 is 23.8 Å². The van der Waals surface area contributed by atoms with Crippen LogP contribution in [0.3, 0.4) is 0 Å². The number of imidazole rings is 1. The first kappa shape index (κ1) is 22.3. The highest BCUT2D eigenvalue weighted by atomic mass is 16.6. The summed E-state index contributed by atoms with van der Waals surface area (Å²) >= 11 is 0. The van der Waals surface area contributed by atoms with Crippen molar-refractivity contribution in [2.45, 2.75) is 44.6 Å². The van der Waals surface area contributed by atoms with Gasteiger partial charge in [0.05, 0.1) is 23.2 Å². The van der Waals surface area contributed by atoms with E-state index in [9.17, 15) is 9.59 Å². The van der Waals surface area contributed by atoms with Gasteiger partial charge >= 0.3 is 5.97 Å². The minimum atomic E-state index is -0.327. The molecule has 1 fully saturated rings. The Balaban J connectivity index is 1.31. The molecule has 1 saturated carbocycles. The molecule has 2 atom stereocenters. The van der Waals surface area contributed by atoms with E-state index in [0.717, 1.165) is 42.5 Å². The van der Waals surface area contributed by atoms with Crippen LogP contribution >= 0.6 is 0 Å². The Kier molecular flexibility index (Phi) is 6.13. The molecule has 8 nitrogen and oxygen atoms in total. The smallest absolute Gasteiger partial charge is 0.338 e. The Hall–Kier alpha value is -3.55. The molecule has 2 aliphatic rings. The SMILES string of the molecule is CCOC(=O)c1ccc2nc(C3CCCC(NC(=O)c4ccc5c(c4)OCCO5)C3)n(C)c2c1. The molecule has 1 N–H and O–H groups in total. The van der Waals surface area contributed by atoms with Gasteiger partial charge in [0.15, 0.2) is 11.5 Å². The standard InChI is InChI=1S/C26H29N3O5/c1-3-32-26(31)18-7-9-20-21(14-18)29(2)24(28-20)16-5-4-6-19(13-16)27-25(30)17-8-10-22-23(15-17)34-12-11-33-22/h7-10,14-16,19H,3-6,11-13H2,1-2H3,(H,27,30). The molecule has 2 aromatic carbocycles. The average Bonchev–Trinajstić information content (AvgIpc) is 3.20. The van der Waals surface area contributed by atoms with E-state index < -0.39 is 0 Å². The fraction of sp³-hybridized carbons (Fsp3) is 0.423. The van der Waals surface area contributed by atoms with Crippen LogP contribution in [0.2, 0.25) is 0 Å². The van der Waals surface area contributed by atoms with Crippen LogP contribution in [0.25, 0.3) is 11.0 Å². The molecule has 0 radical (unpaired) electrons. The lowest BCUT2D eigenvalue weighted by Crippen LogP contribution is -2.38. The molecule has 0 bridgehead atoms.